The van der Waals surface area contributed by atoms with E-state index in [4.69, 9.17) is 0 Å². The van der Waals surface area contributed by atoms with Crippen LogP contribution in [0.15, 0.2) is 53.4 Å². The number of hydrogen-bond donors (Lipinski definition) is 0. The van der Waals surface area contributed by atoms with Crippen molar-refractivity contribution in [2.75, 3.05) is 0 Å². The molecule has 29 heavy (non-hydrogen) atoms. The minimum atomic E-state index is 0.141. The van der Waals surface area contributed by atoms with Gasteiger partial charge in [0.25, 0.3) is 0 Å². The monoisotopic (exact) mass is 408 g/mol. The summed E-state index contributed by atoms with van der Waals surface area (Å²) in [5.74, 6) is 1.62. The summed E-state index contributed by atoms with van der Waals surface area (Å²) < 4.78 is 0. The molecule has 1 fully saturated rings. The van der Waals surface area contributed by atoms with Crippen molar-refractivity contribution in [3.63, 3.8) is 0 Å². The van der Waals surface area contributed by atoms with E-state index in [1.807, 2.05) is 12.1 Å². The first kappa shape index (κ1) is 22.2. The number of benzene rings is 2. The topological polar surface area (TPSA) is 17.1 Å². The Labute approximate surface area is 181 Å². The van der Waals surface area contributed by atoms with Crippen molar-refractivity contribution >= 4 is 16.9 Å². The Kier molecular flexibility index (Phi) is 8.86. The number of aryl methyl sites for hydroxylation is 1. The highest BCUT2D eigenvalue weighted by molar-refractivity contribution is 8.14. The summed E-state index contributed by atoms with van der Waals surface area (Å²) in [4.78, 5) is 13.7. The van der Waals surface area contributed by atoms with E-state index in [0.29, 0.717) is 5.92 Å². The maximum Gasteiger partial charge on any atom is 0.224 e. The highest BCUT2D eigenvalue weighted by Gasteiger charge is 2.22. The van der Waals surface area contributed by atoms with Crippen LogP contribution in [0, 0.1) is 5.92 Å². The fourth-order valence-electron chi connectivity index (χ4n) is 4.55. The van der Waals surface area contributed by atoms with Crippen LogP contribution in [0.2, 0.25) is 0 Å². The molecule has 2 heteroatoms. The van der Waals surface area contributed by atoms with E-state index in [0.717, 1.165) is 22.8 Å². The molecule has 1 aliphatic rings. The van der Waals surface area contributed by atoms with Crippen LogP contribution < -0.4 is 0 Å². The van der Waals surface area contributed by atoms with Crippen LogP contribution in [0.5, 0.6) is 0 Å². The molecular weight excluding hydrogens is 372 g/mol. The van der Waals surface area contributed by atoms with Crippen molar-refractivity contribution in [2.45, 2.75) is 88.9 Å². The lowest BCUT2D eigenvalue weighted by atomic mass is 9.77. The van der Waals surface area contributed by atoms with Crippen LogP contribution in [-0.2, 0) is 6.42 Å². The molecule has 0 aromatic heterocycles. The van der Waals surface area contributed by atoms with Crippen LogP contribution >= 0.6 is 11.8 Å². The molecule has 0 unspecified atom stereocenters. The van der Waals surface area contributed by atoms with Crippen molar-refractivity contribution in [1.29, 1.82) is 0 Å². The molecule has 0 spiro atoms. The fourth-order valence-corrected chi connectivity index (χ4v) is 5.29. The molecule has 1 saturated carbocycles. The summed E-state index contributed by atoms with van der Waals surface area (Å²) in [6.07, 6.45) is 12.9. The normalized spacial score (nSPS) is 19.2. The van der Waals surface area contributed by atoms with Gasteiger partial charge < -0.3 is 0 Å². The zero-order valence-corrected chi connectivity index (χ0v) is 19.0. The van der Waals surface area contributed by atoms with Gasteiger partial charge in [-0.3, -0.25) is 4.79 Å². The molecule has 0 aliphatic heterocycles. The lowest BCUT2D eigenvalue weighted by molar-refractivity contribution is 0.108. The molecule has 2 aromatic rings. The largest absolute Gasteiger partial charge is 0.281 e. The van der Waals surface area contributed by atoms with Gasteiger partial charge in [0.2, 0.25) is 5.12 Å². The molecule has 156 valence electrons. The molecule has 0 N–H and O–H groups in total. The van der Waals surface area contributed by atoms with Crippen LogP contribution in [-0.4, -0.2) is 5.12 Å². The van der Waals surface area contributed by atoms with E-state index < -0.39 is 0 Å². The smallest absolute Gasteiger partial charge is 0.224 e. The average molecular weight is 409 g/mol. The van der Waals surface area contributed by atoms with Gasteiger partial charge in [0.1, 0.15) is 0 Å². The molecule has 2 aromatic carbocycles. The molecule has 1 aliphatic carbocycles. The minimum Gasteiger partial charge on any atom is -0.281 e. The average Bonchev–Trinajstić information content (AvgIpc) is 2.76. The van der Waals surface area contributed by atoms with E-state index in [-0.39, 0.29) is 5.12 Å². The SMILES string of the molecule is CCCCCc1ccc(SC(=O)c2ccc(C3CCC(CCC)CC3)cc2)cc1. The van der Waals surface area contributed by atoms with E-state index in [9.17, 15) is 4.79 Å². The second-order valence-corrected chi connectivity index (χ2v) is 9.67. The summed E-state index contributed by atoms with van der Waals surface area (Å²) in [6.45, 7) is 4.53. The maximum absolute atomic E-state index is 12.7. The van der Waals surface area contributed by atoms with Gasteiger partial charge in [0, 0.05) is 10.5 Å². The van der Waals surface area contributed by atoms with E-state index in [1.165, 1.54) is 80.7 Å². The number of carbonyl (C=O) groups excluding carboxylic acids is 1. The van der Waals surface area contributed by atoms with Crippen molar-refractivity contribution in [1.82, 2.24) is 0 Å². The quantitative estimate of drug-likeness (QED) is 0.306. The Balaban J connectivity index is 1.51. The molecule has 0 radical (unpaired) electrons. The van der Waals surface area contributed by atoms with Crippen LogP contribution in [0.4, 0.5) is 0 Å². The van der Waals surface area contributed by atoms with Gasteiger partial charge in [-0.2, -0.15) is 0 Å². The summed E-state index contributed by atoms with van der Waals surface area (Å²) in [7, 11) is 0. The maximum atomic E-state index is 12.7. The van der Waals surface area contributed by atoms with E-state index >= 15 is 0 Å². The van der Waals surface area contributed by atoms with Crippen molar-refractivity contribution in [2.24, 2.45) is 5.92 Å². The van der Waals surface area contributed by atoms with E-state index in [1.54, 1.807) is 0 Å². The Bertz CT molecular complexity index is 739. The van der Waals surface area contributed by atoms with Gasteiger partial charge in [-0.15, -0.1) is 0 Å². The standard InChI is InChI=1S/C27H36OS/c1-3-5-6-8-22-11-19-26(20-12-22)29-27(28)25-17-15-24(16-18-25)23-13-9-21(7-4-2)10-14-23/h11-12,15-21,23H,3-10,13-14H2,1-2H3. The first-order valence-corrected chi connectivity index (χ1v) is 12.4. The highest BCUT2D eigenvalue weighted by atomic mass is 32.2. The van der Waals surface area contributed by atoms with Gasteiger partial charge >= 0.3 is 0 Å². The third-order valence-electron chi connectivity index (χ3n) is 6.36. The summed E-state index contributed by atoms with van der Waals surface area (Å²) in [6, 6.07) is 17.0. The Morgan fingerprint density at radius 3 is 2.17 bits per heavy atom. The molecule has 0 saturated heterocycles. The third-order valence-corrected chi connectivity index (χ3v) is 7.29. The number of rotatable bonds is 9. The molecule has 1 nitrogen and oxygen atoms in total. The van der Waals surface area contributed by atoms with Crippen LogP contribution in [0.1, 0.15) is 99.0 Å². The third kappa shape index (κ3) is 6.74. The fraction of sp³-hybridized carbons (Fsp3) is 0.519. The molecule has 3 rings (SSSR count). The molecule has 0 amide bonds. The van der Waals surface area contributed by atoms with Crippen molar-refractivity contribution in [3.8, 4) is 0 Å². The summed E-state index contributed by atoms with van der Waals surface area (Å²) in [5.41, 5.74) is 3.59. The van der Waals surface area contributed by atoms with Gasteiger partial charge in [0.05, 0.1) is 0 Å². The predicted molar refractivity (Wildman–Crippen MR) is 126 cm³/mol. The first-order chi connectivity index (χ1) is 14.2. The minimum absolute atomic E-state index is 0.141. The van der Waals surface area contributed by atoms with Crippen molar-refractivity contribution < 1.29 is 4.79 Å². The molecular formula is C27H36OS. The second kappa shape index (κ2) is 11.6. The van der Waals surface area contributed by atoms with Gasteiger partial charge in [0.15, 0.2) is 0 Å². The lowest BCUT2D eigenvalue weighted by Crippen LogP contribution is -2.13. The lowest BCUT2D eigenvalue weighted by Gasteiger charge is -2.28. The first-order valence-electron chi connectivity index (χ1n) is 11.6. The van der Waals surface area contributed by atoms with Crippen molar-refractivity contribution in [3.05, 3.63) is 65.2 Å². The molecule has 0 bridgehead atoms. The molecule has 0 atom stereocenters. The van der Waals surface area contributed by atoms with Gasteiger partial charge in [-0.25, -0.2) is 0 Å². The number of carbonyl (C=O) groups is 1. The summed E-state index contributed by atoms with van der Waals surface area (Å²) in [5, 5.41) is 0.141. The predicted octanol–water partition coefficient (Wildman–Crippen LogP) is 8.43. The number of thioether (sulfide) groups is 1. The number of unbranched alkanes of at least 4 members (excludes halogenated alkanes) is 2. The van der Waals surface area contributed by atoms with E-state index in [2.05, 4.69) is 50.2 Å². The number of hydrogen-bond acceptors (Lipinski definition) is 2. The van der Waals surface area contributed by atoms with Gasteiger partial charge in [-0.05, 0) is 85.4 Å². The Hall–Kier alpha value is -1.54. The second-order valence-electron chi connectivity index (χ2n) is 8.62. The Morgan fingerprint density at radius 1 is 0.862 bits per heavy atom. The van der Waals surface area contributed by atoms with Gasteiger partial charge in [-0.1, -0.05) is 75.9 Å². The summed E-state index contributed by atoms with van der Waals surface area (Å²) >= 11 is 1.34. The zero-order chi connectivity index (χ0) is 20.5. The Morgan fingerprint density at radius 2 is 1.55 bits per heavy atom. The van der Waals surface area contributed by atoms with Crippen LogP contribution in [0.25, 0.3) is 0 Å². The highest BCUT2D eigenvalue weighted by Crippen LogP contribution is 2.37. The molecule has 0 heterocycles. The van der Waals surface area contributed by atoms with Crippen LogP contribution in [0.3, 0.4) is 0 Å². The zero-order valence-electron chi connectivity index (χ0n) is 18.2.